The van der Waals surface area contributed by atoms with E-state index in [1.807, 2.05) is 0 Å². The Kier molecular flexibility index (Phi) is 11.9. The van der Waals surface area contributed by atoms with Crippen LogP contribution in [0.4, 0.5) is 0 Å². The molecule has 0 saturated carbocycles. The minimum atomic E-state index is -0.989. The Morgan fingerprint density at radius 3 is 1.38 bits per heavy atom. The lowest BCUT2D eigenvalue weighted by molar-refractivity contribution is -0.140. The minimum Gasteiger partial charge on any atom is -0.478 e. The molecule has 0 bridgehead atoms. The van der Waals surface area contributed by atoms with Crippen LogP contribution in [0.15, 0.2) is 35.5 Å². The number of carboxylic acid groups (broad SMARTS) is 2. The molecule has 0 rings (SSSR count). The molecule has 0 aliphatic carbocycles. The first kappa shape index (κ1) is 23.1. The van der Waals surface area contributed by atoms with Crippen molar-refractivity contribution in [2.24, 2.45) is 0 Å². The second-order valence-electron chi connectivity index (χ2n) is 5.34. The van der Waals surface area contributed by atoms with E-state index in [1.54, 1.807) is 0 Å². The number of carboxylic acids is 2. The van der Waals surface area contributed by atoms with Crippen molar-refractivity contribution in [1.82, 2.24) is 0 Å². The number of ether oxygens (including phenoxy) is 2. The van der Waals surface area contributed by atoms with Gasteiger partial charge in [-0.1, -0.05) is 12.2 Å². The standard InChI is InChI=1S/C18H24O8/c1-13(17(21)22)7-3-5-11-25-15(19)9-10-16(20)26-12-6-4-8-14(2)18(23)24/h7-10H,3-6,11-12H2,1-2H3,(H,21,22)(H,23,24)/b10-9-,13-7?,14-8?. The number of unbranched alkanes of at least 4 members (excludes halogenated alkanes) is 2. The summed E-state index contributed by atoms with van der Waals surface area (Å²) in [4.78, 5) is 43.9. The summed E-state index contributed by atoms with van der Waals surface area (Å²) < 4.78 is 9.71. The number of esters is 2. The molecule has 0 aromatic heterocycles. The minimum absolute atomic E-state index is 0.108. The number of aliphatic carboxylic acids is 2. The zero-order valence-corrected chi connectivity index (χ0v) is 14.9. The van der Waals surface area contributed by atoms with Gasteiger partial charge in [0.25, 0.3) is 0 Å². The second kappa shape index (κ2) is 13.4. The normalized spacial score (nSPS) is 12.1. The Hall–Kier alpha value is -2.90. The maximum Gasteiger partial charge on any atom is 0.331 e. The van der Waals surface area contributed by atoms with E-state index in [1.165, 1.54) is 26.0 Å². The molecular weight excluding hydrogens is 344 g/mol. The molecule has 0 aromatic rings. The molecule has 144 valence electrons. The van der Waals surface area contributed by atoms with E-state index in [0.29, 0.717) is 25.7 Å². The SMILES string of the molecule is CC(=CCCCOC(=O)/C=C\C(=O)OCCCC=C(C)C(=O)O)C(=O)O. The summed E-state index contributed by atoms with van der Waals surface area (Å²) in [6.45, 7) is 3.17. The Bertz CT molecular complexity index is 546. The van der Waals surface area contributed by atoms with Crippen LogP contribution in [-0.4, -0.2) is 47.3 Å². The molecule has 0 spiro atoms. The van der Waals surface area contributed by atoms with Gasteiger partial charge in [0.15, 0.2) is 0 Å². The molecule has 26 heavy (non-hydrogen) atoms. The fraction of sp³-hybridized carbons (Fsp3) is 0.444. The van der Waals surface area contributed by atoms with Gasteiger partial charge in [-0.15, -0.1) is 0 Å². The van der Waals surface area contributed by atoms with Crippen molar-refractivity contribution in [2.45, 2.75) is 39.5 Å². The summed E-state index contributed by atoms with van der Waals surface area (Å²) in [5.41, 5.74) is 0.458. The first-order valence-electron chi connectivity index (χ1n) is 8.05. The lowest BCUT2D eigenvalue weighted by Gasteiger charge is -2.01. The van der Waals surface area contributed by atoms with Gasteiger partial charge in [0.1, 0.15) is 0 Å². The number of allylic oxidation sites excluding steroid dienone is 2. The molecule has 0 fully saturated rings. The van der Waals surface area contributed by atoms with Gasteiger partial charge in [-0.25, -0.2) is 19.2 Å². The number of hydrogen-bond acceptors (Lipinski definition) is 6. The third-order valence-corrected chi connectivity index (χ3v) is 3.12. The van der Waals surface area contributed by atoms with Crippen molar-refractivity contribution in [1.29, 1.82) is 0 Å². The highest BCUT2D eigenvalue weighted by Gasteiger charge is 2.02. The Labute approximate surface area is 151 Å². The zero-order valence-electron chi connectivity index (χ0n) is 14.9. The maximum absolute atomic E-state index is 11.4. The van der Waals surface area contributed by atoms with E-state index in [0.717, 1.165) is 12.2 Å². The van der Waals surface area contributed by atoms with Crippen molar-refractivity contribution in [3.8, 4) is 0 Å². The molecule has 0 saturated heterocycles. The molecular formula is C18H24O8. The predicted octanol–water partition coefficient (Wildman–Crippen LogP) is 2.25. The van der Waals surface area contributed by atoms with Crippen LogP contribution in [-0.2, 0) is 28.7 Å². The van der Waals surface area contributed by atoms with Crippen LogP contribution >= 0.6 is 0 Å². The summed E-state index contributed by atoms with van der Waals surface area (Å²) in [5.74, 6) is -3.37. The van der Waals surface area contributed by atoms with Gasteiger partial charge < -0.3 is 19.7 Å². The highest BCUT2D eigenvalue weighted by atomic mass is 16.5. The molecule has 0 aromatic carbocycles. The van der Waals surface area contributed by atoms with Crippen LogP contribution in [0, 0.1) is 0 Å². The fourth-order valence-electron chi connectivity index (χ4n) is 1.56. The van der Waals surface area contributed by atoms with Crippen LogP contribution in [0.5, 0.6) is 0 Å². The van der Waals surface area contributed by atoms with Gasteiger partial charge in [0.05, 0.1) is 13.2 Å². The number of carbonyl (C=O) groups is 4. The first-order chi connectivity index (χ1) is 12.2. The molecule has 0 heterocycles. The van der Waals surface area contributed by atoms with Gasteiger partial charge in [0, 0.05) is 23.3 Å². The lowest BCUT2D eigenvalue weighted by Crippen LogP contribution is -2.06. The van der Waals surface area contributed by atoms with E-state index in [-0.39, 0.29) is 24.4 Å². The Morgan fingerprint density at radius 2 is 1.08 bits per heavy atom. The average molecular weight is 368 g/mol. The summed E-state index contributed by atoms with van der Waals surface area (Å²) in [6.07, 6.45) is 6.85. The van der Waals surface area contributed by atoms with Gasteiger partial charge in [0.2, 0.25) is 0 Å². The van der Waals surface area contributed by atoms with Crippen LogP contribution in [0.3, 0.4) is 0 Å². The predicted molar refractivity (Wildman–Crippen MR) is 92.3 cm³/mol. The summed E-state index contributed by atoms with van der Waals surface area (Å²) >= 11 is 0. The van der Waals surface area contributed by atoms with E-state index in [9.17, 15) is 19.2 Å². The summed E-state index contributed by atoms with van der Waals surface area (Å²) in [6, 6.07) is 0. The number of hydrogen-bond donors (Lipinski definition) is 2. The van der Waals surface area contributed by atoms with Crippen LogP contribution in [0.1, 0.15) is 39.5 Å². The largest absolute Gasteiger partial charge is 0.478 e. The summed E-state index contributed by atoms with van der Waals surface area (Å²) in [5, 5.41) is 17.3. The van der Waals surface area contributed by atoms with Crippen molar-refractivity contribution < 1.29 is 38.9 Å². The maximum atomic E-state index is 11.4. The molecule has 8 nitrogen and oxygen atoms in total. The fourth-order valence-corrected chi connectivity index (χ4v) is 1.56. The Morgan fingerprint density at radius 1 is 0.731 bits per heavy atom. The third kappa shape index (κ3) is 12.5. The topological polar surface area (TPSA) is 127 Å². The van der Waals surface area contributed by atoms with E-state index in [4.69, 9.17) is 19.7 Å². The monoisotopic (exact) mass is 368 g/mol. The van der Waals surface area contributed by atoms with Crippen LogP contribution in [0.25, 0.3) is 0 Å². The van der Waals surface area contributed by atoms with Crippen LogP contribution < -0.4 is 0 Å². The molecule has 8 heteroatoms. The molecule has 0 amide bonds. The molecule has 2 N–H and O–H groups in total. The molecule has 0 unspecified atom stereocenters. The van der Waals surface area contributed by atoms with Crippen LogP contribution in [0.2, 0.25) is 0 Å². The van der Waals surface area contributed by atoms with Gasteiger partial charge in [-0.3, -0.25) is 0 Å². The van der Waals surface area contributed by atoms with E-state index in [2.05, 4.69) is 0 Å². The molecule has 0 aliphatic rings. The Balaban J connectivity index is 3.87. The number of carbonyl (C=O) groups excluding carboxylic acids is 2. The zero-order chi connectivity index (χ0) is 19.9. The van der Waals surface area contributed by atoms with E-state index < -0.39 is 23.9 Å². The van der Waals surface area contributed by atoms with Crippen molar-refractivity contribution in [3.63, 3.8) is 0 Å². The van der Waals surface area contributed by atoms with Crippen molar-refractivity contribution in [3.05, 3.63) is 35.5 Å². The smallest absolute Gasteiger partial charge is 0.331 e. The van der Waals surface area contributed by atoms with Gasteiger partial charge in [-0.2, -0.15) is 0 Å². The highest BCUT2D eigenvalue weighted by molar-refractivity contribution is 5.91. The van der Waals surface area contributed by atoms with Crippen molar-refractivity contribution in [2.75, 3.05) is 13.2 Å². The third-order valence-electron chi connectivity index (χ3n) is 3.12. The first-order valence-corrected chi connectivity index (χ1v) is 8.05. The molecule has 0 aliphatic heterocycles. The average Bonchev–Trinajstić information content (AvgIpc) is 2.58. The number of rotatable bonds is 12. The van der Waals surface area contributed by atoms with Crippen molar-refractivity contribution >= 4 is 23.9 Å². The molecule has 0 radical (unpaired) electrons. The van der Waals surface area contributed by atoms with E-state index >= 15 is 0 Å². The lowest BCUT2D eigenvalue weighted by atomic mass is 10.2. The summed E-state index contributed by atoms with van der Waals surface area (Å²) in [7, 11) is 0. The highest BCUT2D eigenvalue weighted by Crippen LogP contribution is 2.01. The quantitative estimate of drug-likeness (QED) is 0.305. The van der Waals surface area contributed by atoms with Gasteiger partial charge >= 0.3 is 23.9 Å². The second-order valence-corrected chi connectivity index (χ2v) is 5.34. The molecule has 0 atom stereocenters. The van der Waals surface area contributed by atoms with Gasteiger partial charge in [-0.05, 0) is 39.5 Å².